The zero-order valence-electron chi connectivity index (χ0n) is 14.2. The second kappa shape index (κ2) is 6.52. The van der Waals surface area contributed by atoms with Gasteiger partial charge in [0, 0.05) is 17.6 Å². The molecule has 1 aromatic rings. The van der Waals surface area contributed by atoms with Crippen LogP contribution in [-0.2, 0) is 0 Å². The molecule has 0 fully saturated rings. The number of hydrogen-bond donors (Lipinski definition) is 1. The molecule has 0 spiro atoms. The van der Waals surface area contributed by atoms with Gasteiger partial charge in [0.05, 0.1) is 11.1 Å². The quantitative estimate of drug-likeness (QED) is 0.820. The molecule has 1 N–H and O–H groups in total. The van der Waals surface area contributed by atoms with E-state index in [1.165, 1.54) is 11.0 Å². The SMILES string of the molecule is CCCCN1C(=O)c2ccc(C(=O)NC(C)(C)CC)cc2C1=O. The summed E-state index contributed by atoms with van der Waals surface area (Å²) in [5.41, 5.74) is 0.803. The lowest BCUT2D eigenvalue weighted by atomic mass is 10.00. The Kier molecular flexibility index (Phi) is 4.88. The Morgan fingerprint density at radius 2 is 1.78 bits per heavy atom. The van der Waals surface area contributed by atoms with Crippen molar-refractivity contribution in [3.05, 3.63) is 34.9 Å². The minimum Gasteiger partial charge on any atom is -0.347 e. The van der Waals surface area contributed by atoms with Crippen LogP contribution in [-0.4, -0.2) is 34.7 Å². The molecule has 1 aliphatic heterocycles. The highest BCUT2D eigenvalue weighted by molar-refractivity contribution is 6.22. The number of hydrogen-bond acceptors (Lipinski definition) is 3. The number of benzene rings is 1. The topological polar surface area (TPSA) is 66.5 Å². The Labute approximate surface area is 137 Å². The molecule has 23 heavy (non-hydrogen) atoms. The van der Waals surface area contributed by atoms with Crippen LogP contribution in [0, 0.1) is 0 Å². The fourth-order valence-electron chi connectivity index (χ4n) is 2.42. The first-order chi connectivity index (χ1) is 10.8. The summed E-state index contributed by atoms with van der Waals surface area (Å²) in [7, 11) is 0. The number of nitrogens with one attached hydrogen (secondary N) is 1. The van der Waals surface area contributed by atoms with Crippen molar-refractivity contribution in [1.82, 2.24) is 10.2 Å². The molecule has 2 rings (SSSR count). The van der Waals surface area contributed by atoms with E-state index in [4.69, 9.17) is 0 Å². The number of rotatable bonds is 6. The highest BCUT2D eigenvalue weighted by Crippen LogP contribution is 2.24. The van der Waals surface area contributed by atoms with E-state index in [9.17, 15) is 14.4 Å². The first-order valence-electron chi connectivity index (χ1n) is 8.13. The largest absolute Gasteiger partial charge is 0.347 e. The van der Waals surface area contributed by atoms with Gasteiger partial charge >= 0.3 is 0 Å². The maximum atomic E-state index is 12.4. The molecule has 0 bridgehead atoms. The number of carbonyl (C=O) groups is 3. The Bertz CT molecular complexity index is 650. The molecule has 0 saturated carbocycles. The van der Waals surface area contributed by atoms with Crippen LogP contribution in [0.4, 0.5) is 0 Å². The molecule has 0 saturated heterocycles. The number of amides is 3. The van der Waals surface area contributed by atoms with Crippen LogP contribution in [0.1, 0.15) is 78.0 Å². The Morgan fingerprint density at radius 1 is 1.13 bits per heavy atom. The molecule has 5 nitrogen and oxygen atoms in total. The monoisotopic (exact) mass is 316 g/mol. The average molecular weight is 316 g/mol. The summed E-state index contributed by atoms with van der Waals surface area (Å²) >= 11 is 0. The molecule has 0 aliphatic carbocycles. The van der Waals surface area contributed by atoms with Crippen molar-refractivity contribution in [3.8, 4) is 0 Å². The summed E-state index contributed by atoms with van der Waals surface area (Å²) in [6, 6.07) is 4.71. The lowest BCUT2D eigenvalue weighted by molar-refractivity contribution is 0.0652. The Balaban J connectivity index is 2.25. The van der Waals surface area contributed by atoms with Crippen LogP contribution in [0.15, 0.2) is 18.2 Å². The van der Waals surface area contributed by atoms with Gasteiger partial charge in [-0.1, -0.05) is 20.3 Å². The van der Waals surface area contributed by atoms with E-state index in [2.05, 4.69) is 5.32 Å². The van der Waals surface area contributed by atoms with Gasteiger partial charge in [0.15, 0.2) is 0 Å². The van der Waals surface area contributed by atoms with Crippen LogP contribution in [0.25, 0.3) is 0 Å². The third-order valence-electron chi connectivity index (χ3n) is 4.30. The predicted octanol–water partition coefficient (Wildman–Crippen LogP) is 3.00. The summed E-state index contributed by atoms with van der Waals surface area (Å²) in [5, 5.41) is 2.94. The van der Waals surface area contributed by atoms with Crippen LogP contribution >= 0.6 is 0 Å². The number of carbonyl (C=O) groups excluding carboxylic acids is 3. The van der Waals surface area contributed by atoms with Gasteiger partial charge in [-0.15, -0.1) is 0 Å². The lowest BCUT2D eigenvalue weighted by Crippen LogP contribution is -2.42. The first kappa shape index (κ1) is 17.2. The molecule has 0 atom stereocenters. The van der Waals surface area contributed by atoms with Gasteiger partial charge in [-0.2, -0.15) is 0 Å². The molecule has 1 aromatic carbocycles. The fourth-order valence-corrected chi connectivity index (χ4v) is 2.42. The normalized spacial score (nSPS) is 14.2. The van der Waals surface area contributed by atoms with Crippen LogP contribution in [0.2, 0.25) is 0 Å². The van der Waals surface area contributed by atoms with Crippen molar-refractivity contribution in [2.45, 2.75) is 52.5 Å². The van der Waals surface area contributed by atoms with E-state index in [1.54, 1.807) is 12.1 Å². The summed E-state index contributed by atoms with van der Waals surface area (Å²) in [4.78, 5) is 38.3. The number of unbranched alkanes of at least 4 members (excludes halogenated alkanes) is 1. The molecule has 0 radical (unpaired) electrons. The lowest BCUT2D eigenvalue weighted by Gasteiger charge is -2.24. The zero-order chi connectivity index (χ0) is 17.2. The van der Waals surface area contributed by atoms with Crippen molar-refractivity contribution < 1.29 is 14.4 Å². The van der Waals surface area contributed by atoms with E-state index in [-0.39, 0.29) is 23.3 Å². The van der Waals surface area contributed by atoms with E-state index in [1.807, 2.05) is 27.7 Å². The highest BCUT2D eigenvalue weighted by Gasteiger charge is 2.35. The fraction of sp³-hybridized carbons (Fsp3) is 0.500. The van der Waals surface area contributed by atoms with Gasteiger partial charge in [-0.25, -0.2) is 0 Å². The molecular formula is C18H24N2O3. The van der Waals surface area contributed by atoms with E-state index >= 15 is 0 Å². The maximum absolute atomic E-state index is 12.4. The molecule has 1 aliphatic rings. The van der Waals surface area contributed by atoms with Gasteiger partial charge in [0.25, 0.3) is 17.7 Å². The van der Waals surface area contributed by atoms with Crippen molar-refractivity contribution in [2.24, 2.45) is 0 Å². The van der Waals surface area contributed by atoms with Crippen LogP contribution < -0.4 is 5.32 Å². The molecule has 1 heterocycles. The summed E-state index contributed by atoms with van der Waals surface area (Å²) in [5.74, 6) is -0.797. The minimum atomic E-state index is -0.316. The minimum absolute atomic E-state index is 0.230. The van der Waals surface area contributed by atoms with Gasteiger partial charge < -0.3 is 5.32 Å². The highest BCUT2D eigenvalue weighted by atomic mass is 16.2. The van der Waals surface area contributed by atoms with Crippen molar-refractivity contribution in [3.63, 3.8) is 0 Å². The first-order valence-corrected chi connectivity index (χ1v) is 8.13. The third-order valence-corrected chi connectivity index (χ3v) is 4.30. The number of imide groups is 1. The molecule has 124 valence electrons. The molecular weight excluding hydrogens is 292 g/mol. The van der Waals surface area contributed by atoms with Crippen LogP contribution in [0.3, 0.4) is 0 Å². The molecule has 0 unspecified atom stereocenters. The summed E-state index contributed by atoms with van der Waals surface area (Å²) in [6.45, 7) is 8.32. The average Bonchev–Trinajstić information content (AvgIpc) is 2.76. The Hall–Kier alpha value is -2.17. The second-order valence-electron chi connectivity index (χ2n) is 6.57. The smallest absolute Gasteiger partial charge is 0.261 e. The van der Waals surface area contributed by atoms with E-state index in [0.29, 0.717) is 23.2 Å². The van der Waals surface area contributed by atoms with Crippen LogP contribution in [0.5, 0.6) is 0 Å². The van der Waals surface area contributed by atoms with Gasteiger partial charge in [0.2, 0.25) is 0 Å². The van der Waals surface area contributed by atoms with Crippen molar-refractivity contribution in [2.75, 3.05) is 6.54 Å². The van der Waals surface area contributed by atoms with Crippen molar-refractivity contribution >= 4 is 17.7 Å². The predicted molar refractivity (Wildman–Crippen MR) is 88.6 cm³/mol. The third kappa shape index (κ3) is 3.44. The standard InChI is InChI=1S/C18H24N2O3/c1-5-7-10-20-16(22)13-9-8-12(11-14(13)17(20)23)15(21)19-18(3,4)6-2/h8-9,11H,5-7,10H2,1-4H3,(H,19,21). The zero-order valence-corrected chi connectivity index (χ0v) is 14.2. The molecule has 0 aromatic heterocycles. The van der Waals surface area contributed by atoms with E-state index < -0.39 is 0 Å². The summed E-state index contributed by atoms with van der Waals surface area (Å²) < 4.78 is 0. The Morgan fingerprint density at radius 3 is 2.39 bits per heavy atom. The number of nitrogens with zero attached hydrogens (tertiary/aromatic N) is 1. The molecule has 3 amide bonds. The second-order valence-corrected chi connectivity index (χ2v) is 6.57. The van der Waals surface area contributed by atoms with Crippen molar-refractivity contribution in [1.29, 1.82) is 0 Å². The molecule has 5 heteroatoms. The van der Waals surface area contributed by atoms with Gasteiger partial charge in [0.1, 0.15) is 0 Å². The summed E-state index contributed by atoms with van der Waals surface area (Å²) in [6.07, 6.45) is 2.49. The van der Waals surface area contributed by atoms with Gasteiger partial charge in [-0.05, 0) is 44.9 Å². The maximum Gasteiger partial charge on any atom is 0.261 e. The van der Waals surface area contributed by atoms with Gasteiger partial charge in [-0.3, -0.25) is 19.3 Å². The number of fused-ring (bicyclic) bond motifs is 1. The van der Waals surface area contributed by atoms with E-state index in [0.717, 1.165) is 19.3 Å².